The van der Waals surface area contributed by atoms with Gasteiger partial charge in [-0.3, -0.25) is 9.59 Å². The second kappa shape index (κ2) is 5.07. The van der Waals surface area contributed by atoms with Gasteiger partial charge in [-0.2, -0.15) is 0 Å². The van der Waals surface area contributed by atoms with E-state index in [0.717, 1.165) is 12.8 Å². The summed E-state index contributed by atoms with van der Waals surface area (Å²) in [5.74, 6) is 0.0159. The van der Waals surface area contributed by atoms with E-state index in [1.165, 1.54) is 0 Å². The van der Waals surface area contributed by atoms with Crippen LogP contribution in [-0.2, 0) is 9.59 Å². The lowest BCUT2D eigenvalue weighted by atomic mass is 9.84. The fourth-order valence-corrected chi connectivity index (χ4v) is 2.29. The summed E-state index contributed by atoms with van der Waals surface area (Å²) < 4.78 is 0. The largest absolute Gasteiger partial charge is 0.342 e. The minimum Gasteiger partial charge on any atom is -0.342 e. The first-order chi connectivity index (χ1) is 7.81. The molecule has 0 spiro atoms. The van der Waals surface area contributed by atoms with Gasteiger partial charge in [-0.25, -0.2) is 0 Å². The summed E-state index contributed by atoms with van der Waals surface area (Å²) in [4.78, 5) is 25.8. The van der Waals surface area contributed by atoms with E-state index in [0.29, 0.717) is 0 Å². The minimum absolute atomic E-state index is 0.0450. The predicted molar refractivity (Wildman–Crippen MR) is 67.5 cm³/mol. The van der Waals surface area contributed by atoms with Crippen LogP contribution in [0.15, 0.2) is 0 Å². The van der Waals surface area contributed by atoms with Crippen LogP contribution < -0.4 is 5.32 Å². The SMILES string of the molecule is CCC(CC)N1CC(=O)NC(C(C)(C)C)C1=O. The number of piperazine rings is 1. The van der Waals surface area contributed by atoms with E-state index in [4.69, 9.17) is 0 Å². The Hall–Kier alpha value is -1.06. The first-order valence-corrected chi connectivity index (χ1v) is 6.41. The number of carbonyl (C=O) groups is 2. The monoisotopic (exact) mass is 240 g/mol. The summed E-state index contributed by atoms with van der Waals surface area (Å²) in [6.45, 7) is 10.3. The van der Waals surface area contributed by atoms with Crippen molar-refractivity contribution in [3.8, 4) is 0 Å². The number of nitrogens with zero attached hydrogens (tertiary/aromatic N) is 1. The smallest absolute Gasteiger partial charge is 0.246 e. The van der Waals surface area contributed by atoms with Crippen molar-refractivity contribution in [1.82, 2.24) is 10.2 Å². The molecule has 17 heavy (non-hydrogen) atoms. The van der Waals surface area contributed by atoms with Gasteiger partial charge in [0.15, 0.2) is 0 Å². The number of nitrogens with one attached hydrogen (secondary N) is 1. The molecule has 0 aromatic rings. The van der Waals surface area contributed by atoms with E-state index >= 15 is 0 Å². The van der Waals surface area contributed by atoms with Gasteiger partial charge in [0.2, 0.25) is 11.8 Å². The molecule has 98 valence electrons. The first kappa shape index (κ1) is 14.0. The van der Waals surface area contributed by atoms with Crippen LogP contribution >= 0.6 is 0 Å². The fourth-order valence-electron chi connectivity index (χ4n) is 2.29. The maximum atomic E-state index is 12.4. The molecule has 1 unspecified atom stereocenters. The van der Waals surface area contributed by atoms with Crippen LogP contribution in [0.25, 0.3) is 0 Å². The lowest BCUT2D eigenvalue weighted by Gasteiger charge is -2.42. The summed E-state index contributed by atoms with van der Waals surface area (Å²) in [6.07, 6.45) is 1.79. The van der Waals surface area contributed by atoms with Crippen LogP contribution in [-0.4, -0.2) is 35.3 Å². The average Bonchev–Trinajstić information content (AvgIpc) is 2.22. The minimum atomic E-state index is -0.399. The molecule has 2 amide bonds. The summed E-state index contributed by atoms with van der Waals surface area (Å²) in [7, 11) is 0. The third kappa shape index (κ3) is 2.99. The Labute approximate surface area is 104 Å². The normalized spacial score (nSPS) is 22.0. The molecule has 0 aromatic heterocycles. The van der Waals surface area contributed by atoms with Crippen LogP contribution in [0.4, 0.5) is 0 Å². The van der Waals surface area contributed by atoms with Crippen LogP contribution in [0.1, 0.15) is 47.5 Å². The average molecular weight is 240 g/mol. The van der Waals surface area contributed by atoms with Crippen molar-refractivity contribution in [2.24, 2.45) is 5.41 Å². The van der Waals surface area contributed by atoms with E-state index in [9.17, 15) is 9.59 Å². The van der Waals surface area contributed by atoms with Gasteiger partial charge >= 0.3 is 0 Å². The molecule has 1 saturated heterocycles. The molecule has 0 saturated carbocycles. The van der Waals surface area contributed by atoms with Crippen LogP contribution in [0.5, 0.6) is 0 Å². The van der Waals surface area contributed by atoms with E-state index in [-0.39, 0.29) is 29.8 Å². The maximum Gasteiger partial charge on any atom is 0.246 e. The molecule has 4 nitrogen and oxygen atoms in total. The zero-order chi connectivity index (χ0) is 13.2. The maximum absolute atomic E-state index is 12.4. The van der Waals surface area contributed by atoms with E-state index in [2.05, 4.69) is 19.2 Å². The Balaban J connectivity index is 2.93. The van der Waals surface area contributed by atoms with Gasteiger partial charge in [0.05, 0.1) is 6.54 Å². The molecule has 1 N–H and O–H groups in total. The molecule has 1 rings (SSSR count). The van der Waals surface area contributed by atoms with Crippen molar-refractivity contribution < 1.29 is 9.59 Å². The second-order valence-electron chi connectivity index (χ2n) is 5.80. The molecule has 0 bridgehead atoms. The van der Waals surface area contributed by atoms with Gasteiger partial charge in [-0.1, -0.05) is 34.6 Å². The highest BCUT2D eigenvalue weighted by Gasteiger charge is 2.41. The Bertz CT molecular complexity index is 303. The van der Waals surface area contributed by atoms with Gasteiger partial charge in [-0.05, 0) is 18.3 Å². The number of hydrogen-bond acceptors (Lipinski definition) is 2. The zero-order valence-corrected chi connectivity index (χ0v) is 11.5. The van der Waals surface area contributed by atoms with Crippen molar-refractivity contribution in [3.63, 3.8) is 0 Å². The topological polar surface area (TPSA) is 49.4 Å². The number of hydrogen-bond donors (Lipinski definition) is 1. The molecule has 1 heterocycles. The molecule has 4 heteroatoms. The predicted octanol–water partition coefficient (Wildman–Crippen LogP) is 1.55. The number of amides is 2. The molecular weight excluding hydrogens is 216 g/mol. The van der Waals surface area contributed by atoms with Crippen molar-refractivity contribution in [1.29, 1.82) is 0 Å². The van der Waals surface area contributed by atoms with Gasteiger partial charge < -0.3 is 10.2 Å². The van der Waals surface area contributed by atoms with E-state index in [1.807, 2.05) is 20.8 Å². The summed E-state index contributed by atoms with van der Waals surface area (Å²) in [5.41, 5.74) is -0.239. The standard InChI is InChI=1S/C13H24N2O2/c1-6-9(7-2)15-8-10(16)14-11(12(15)17)13(3,4)5/h9,11H,6-8H2,1-5H3,(H,14,16). The molecule has 1 aliphatic rings. The molecule has 0 radical (unpaired) electrons. The van der Waals surface area contributed by atoms with Crippen LogP contribution in [0.3, 0.4) is 0 Å². The summed E-state index contributed by atoms with van der Waals surface area (Å²) in [5, 5.41) is 2.81. The van der Waals surface area contributed by atoms with Gasteiger partial charge in [0, 0.05) is 6.04 Å². The molecule has 1 aliphatic heterocycles. The number of carbonyl (C=O) groups excluding carboxylic acids is 2. The van der Waals surface area contributed by atoms with E-state index in [1.54, 1.807) is 4.90 Å². The third-order valence-corrected chi connectivity index (χ3v) is 3.40. The van der Waals surface area contributed by atoms with Crippen molar-refractivity contribution >= 4 is 11.8 Å². The third-order valence-electron chi connectivity index (χ3n) is 3.40. The Morgan fingerprint density at radius 2 is 1.82 bits per heavy atom. The first-order valence-electron chi connectivity index (χ1n) is 6.41. The zero-order valence-electron chi connectivity index (χ0n) is 11.5. The molecule has 1 fully saturated rings. The Morgan fingerprint density at radius 1 is 1.29 bits per heavy atom. The molecular formula is C13H24N2O2. The molecule has 0 aromatic carbocycles. The highest BCUT2D eigenvalue weighted by molar-refractivity contribution is 5.95. The molecule has 1 atom stereocenters. The Kier molecular flexibility index (Phi) is 4.17. The highest BCUT2D eigenvalue weighted by Crippen LogP contribution is 2.25. The van der Waals surface area contributed by atoms with Crippen molar-refractivity contribution in [2.45, 2.75) is 59.5 Å². The lowest BCUT2D eigenvalue weighted by Crippen LogP contribution is -2.64. The van der Waals surface area contributed by atoms with Crippen LogP contribution in [0.2, 0.25) is 0 Å². The summed E-state index contributed by atoms with van der Waals surface area (Å²) in [6, 6.07) is -0.220. The Morgan fingerprint density at radius 3 is 2.24 bits per heavy atom. The lowest BCUT2D eigenvalue weighted by molar-refractivity contribution is -0.149. The van der Waals surface area contributed by atoms with E-state index < -0.39 is 6.04 Å². The quantitative estimate of drug-likeness (QED) is 0.813. The van der Waals surface area contributed by atoms with Gasteiger partial charge in [-0.15, -0.1) is 0 Å². The summed E-state index contributed by atoms with van der Waals surface area (Å²) >= 11 is 0. The van der Waals surface area contributed by atoms with Crippen LogP contribution in [0, 0.1) is 5.41 Å². The molecule has 0 aliphatic carbocycles. The number of rotatable bonds is 3. The fraction of sp³-hybridized carbons (Fsp3) is 0.846. The van der Waals surface area contributed by atoms with Gasteiger partial charge in [0.25, 0.3) is 0 Å². The second-order valence-corrected chi connectivity index (χ2v) is 5.80. The highest BCUT2D eigenvalue weighted by atomic mass is 16.2. The van der Waals surface area contributed by atoms with Gasteiger partial charge in [0.1, 0.15) is 6.04 Å². The van der Waals surface area contributed by atoms with Crippen molar-refractivity contribution in [3.05, 3.63) is 0 Å². The van der Waals surface area contributed by atoms with Crippen molar-refractivity contribution in [2.75, 3.05) is 6.54 Å².